The Morgan fingerprint density at radius 3 is 2.67 bits per heavy atom. The van der Waals surface area contributed by atoms with Crippen LogP contribution < -0.4 is 16.0 Å². The number of aryl methyl sites for hydroxylation is 1. The minimum Gasteiger partial charge on any atom is -0.376 e. The molecule has 0 aliphatic heterocycles. The number of anilines is 1. The first-order valence-electron chi connectivity index (χ1n) is 12.0. The molecule has 2 aliphatic carbocycles. The Balaban J connectivity index is 1.43. The maximum Gasteiger partial charge on any atom is 0.262 e. The molecule has 2 amide bonds. The number of pyridine rings is 1. The number of nitrogens with zero attached hydrogens (tertiary/aromatic N) is 1. The van der Waals surface area contributed by atoms with Crippen LogP contribution >= 0.6 is 22.9 Å². The van der Waals surface area contributed by atoms with Crippen molar-refractivity contribution in [1.29, 1.82) is 0 Å². The van der Waals surface area contributed by atoms with Crippen molar-refractivity contribution in [2.45, 2.75) is 83.3 Å². The largest absolute Gasteiger partial charge is 0.376 e. The molecule has 0 radical (unpaired) electrons. The predicted molar refractivity (Wildman–Crippen MR) is 134 cm³/mol. The highest BCUT2D eigenvalue weighted by Crippen LogP contribution is 2.32. The van der Waals surface area contributed by atoms with E-state index in [1.807, 2.05) is 25.1 Å². The Kier molecular flexibility index (Phi) is 7.91. The number of thiophene rings is 1. The van der Waals surface area contributed by atoms with Crippen LogP contribution in [0.15, 0.2) is 24.4 Å². The summed E-state index contributed by atoms with van der Waals surface area (Å²) in [5, 5.41) is 10.2. The van der Waals surface area contributed by atoms with E-state index in [2.05, 4.69) is 27.9 Å². The summed E-state index contributed by atoms with van der Waals surface area (Å²) >= 11 is 7.59. The molecule has 33 heavy (non-hydrogen) atoms. The Bertz CT molecular complexity index is 985. The highest BCUT2D eigenvalue weighted by molar-refractivity contribution is 7.14. The molecular formula is C25H33ClN4O2S. The van der Waals surface area contributed by atoms with E-state index in [1.165, 1.54) is 24.2 Å². The third kappa shape index (κ3) is 6.48. The van der Waals surface area contributed by atoms with Crippen molar-refractivity contribution in [1.82, 2.24) is 15.6 Å². The van der Waals surface area contributed by atoms with Crippen molar-refractivity contribution >= 4 is 40.4 Å². The smallest absolute Gasteiger partial charge is 0.262 e. The first kappa shape index (κ1) is 24.0. The second-order valence-electron chi connectivity index (χ2n) is 9.29. The summed E-state index contributed by atoms with van der Waals surface area (Å²) in [5.74, 6) is 0.310. The normalized spacial score (nSPS) is 18.0. The molecule has 0 aromatic carbocycles. The molecular weight excluding hydrogens is 456 g/mol. The van der Waals surface area contributed by atoms with Crippen LogP contribution in [0.4, 0.5) is 5.69 Å². The van der Waals surface area contributed by atoms with Gasteiger partial charge in [0.25, 0.3) is 5.91 Å². The molecule has 0 spiro atoms. The molecule has 2 aromatic heterocycles. The van der Waals surface area contributed by atoms with Crippen molar-refractivity contribution in [3.63, 3.8) is 0 Å². The summed E-state index contributed by atoms with van der Waals surface area (Å²) in [4.78, 5) is 31.9. The Morgan fingerprint density at radius 2 is 1.97 bits per heavy atom. The van der Waals surface area contributed by atoms with Gasteiger partial charge in [-0.15, -0.1) is 11.3 Å². The highest BCUT2D eigenvalue weighted by atomic mass is 35.5. The van der Waals surface area contributed by atoms with Crippen molar-refractivity contribution < 1.29 is 9.59 Å². The van der Waals surface area contributed by atoms with E-state index in [1.54, 1.807) is 6.20 Å². The quantitative estimate of drug-likeness (QED) is 0.405. The monoisotopic (exact) mass is 488 g/mol. The number of carbonyl (C=O) groups excluding carboxylic acids is 2. The first-order valence-corrected chi connectivity index (χ1v) is 13.2. The predicted octanol–water partition coefficient (Wildman–Crippen LogP) is 5.63. The number of hydrogen-bond acceptors (Lipinski definition) is 5. The standard InChI is InChI=1S/C25H33ClN4O2S/c1-3-19(29-20-13-17(26)14-27-15(20)2)22-10-11-23(33-22)25(32)30-21(12-16-6-4-5-7-16)24(31)28-18-8-9-18/h10-11,13-14,16,18-19,21,29H,3-9,12H2,1-2H3,(H,28,31)(H,30,32)/t19-,21+/m1/s1. The van der Waals surface area contributed by atoms with E-state index in [4.69, 9.17) is 11.6 Å². The van der Waals surface area contributed by atoms with Gasteiger partial charge in [-0.2, -0.15) is 0 Å². The summed E-state index contributed by atoms with van der Waals surface area (Å²) in [5.41, 5.74) is 1.77. The van der Waals surface area contributed by atoms with Crippen molar-refractivity contribution in [3.8, 4) is 0 Å². The summed E-state index contributed by atoms with van der Waals surface area (Å²) in [7, 11) is 0. The van der Waals surface area contributed by atoms with Gasteiger partial charge in [-0.25, -0.2) is 0 Å². The molecule has 0 bridgehead atoms. The van der Waals surface area contributed by atoms with Gasteiger partial charge >= 0.3 is 0 Å². The topological polar surface area (TPSA) is 83.1 Å². The molecule has 6 nitrogen and oxygen atoms in total. The van der Waals surface area contributed by atoms with Gasteiger partial charge in [-0.05, 0) is 56.7 Å². The summed E-state index contributed by atoms with van der Waals surface area (Å²) in [6.45, 7) is 4.04. The molecule has 2 heterocycles. The van der Waals surface area contributed by atoms with Crippen LogP contribution in [0.2, 0.25) is 5.02 Å². The number of hydrogen-bond donors (Lipinski definition) is 3. The number of rotatable bonds is 10. The van der Waals surface area contributed by atoms with Crippen LogP contribution in [0.25, 0.3) is 0 Å². The average molecular weight is 489 g/mol. The fraction of sp³-hybridized carbons (Fsp3) is 0.560. The van der Waals surface area contributed by atoms with E-state index in [0.29, 0.717) is 15.8 Å². The Morgan fingerprint density at radius 1 is 1.21 bits per heavy atom. The second kappa shape index (κ2) is 10.9. The van der Waals surface area contributed by atoms with Crippen molar-refractivity contribution in [2.24, 2.45) is 5.92 Å². The number of carbonyl (C=O) groups is 2. The molecule has 4 rings (SSSR count). The fourth-order valence-electron chi connectivity index (χ4n) is 4.45. The van der Waals surface area contributed by atoms with Crippen LogP contribution in [0, 0.1) is 12.8 Å². The lowest BCUT2D eigenvalue weighted by Gasteiger charge is -2.21. The molecule has 0 unspecified atom stereocenters. The summed E-state index contributed by atoms with van der Waals surface area (Å²) in [6.07, 6.45) is 10.0. The van der Waals surface area contributed by atoms with Crippen LogP contribution in [-0.4, -0.2) is 28.9 Å². The second-order valence-corrected chi connectivity index (χ2v) is 10.8. The van der Waals surface area contributed by atoms with E-state index < -0.39 is 6.04 Å². The van der Waals surface area contributed by atoms with E-state index in [9.17, 15) is 9.59 Å². The molecule has 2 aromatic rings. The minimum atomic E-state index is -0.466. The number of nitrogens with one attached hydrogen (secondary N) is 3. The molecule has 3 N–H and O–H groups in total. The average Bonchev–Trinajstić information content (AvgIpc) is 3.25. The SMILES string of the molecule is CC[C@@H](Nc1cc(Cl)cnc1C)c1ccc(C(=O)N[C@@H](CC2CCCC2)C(=O)NC2CC2)s1. The Hall–Kier alpha value is -2.12. The molecule has 2 fully saturated rings. The molecule has 0 saturated heterocycles. The maximum atomic E-state index is 13.1. The van der Waals surface area contributed by atoms with Crippen LogP contribution in [0.5, 0.6) is 0 Å². The number of aromatic nitrogens is 1. The zero-order chi connectivity index (χ0) is 23.4. The van der Waals surface area contributed by atoms with Gasteiger partial charge in [0.2, 0.25) is 5.91 Å². The van der Waals surface area contributed by atoms with Crippen LogP contribution in [0.1, 0.15) is 84.6 Å². The maximum absolute atomic E-state index is 13.1. The van der Waals surface area contributed by atoms with Gasteiger partial charge in [-0.3, -0.25) is 14.6 Å². The minimum absolute atomic E-state index is 0.0356. The zero-order valence-electron chi connectivity index (χ0n) is 19.3. The summed E-state index contributed by atoms with van der Waals surface area (Å²) in [6, 6.07) is 5.59. The molecule has 178 valence electrons. The third-order valence-corrected chi connectivity index (χ3v) is 7.98. The Labute approximate surface area is 204 Å². The van der Waals surface area contributed by atoms with Gasteiger partial charge in [-0.1, -0.05) is 44.2 Å². The molecule has 2 atom stereocenters. The van der Waals surface area contributed by atoms with Crippen molar-refractivity contribution in [3.05, 3.63) is 44.9 Å². The third-order valence-electron chi connectivity index (χ3n) is 6.57. The highest BCUT2D eigenvalue weighted by Gasteiger charge is 2.31. The van der Waals surface area contributed by atoms with Crippen LogP contribution in [0.3, 0.4) is 0 Å². The van der Waals surface area contributed by atoms with Gasteiger partial charge in [0.15, 0.2) is 0 Å². The van der Waals surface area contributed by atoms with Crippen molar-refractivity contribution in [2.75, 3.05) is 5.32 Å². The lowest BCUT2D eigenvalue weighted by Crippen LogP contribution is -2.48. The number of amides is 2. The molecule has 8 heteroatoms. The van der Waals surface area contributed by atoms with E-state index in [-0.39, 0.29) is 23.9 Å². The molecule has 2 saturated carbocycles. The van der Waals surface area contributed by atoms with Gasteiger partial charge in [0.05, 0.1) is 27.3 Å². The fourth-order valence-corrected chi connectivity index (χ4v) is 5.65. The molecule has 2 aliphatic rings. The van der Waals surface area contributed by atoms with Crippen LogP contribution in [-0.2, 0) is 4.79 Å². The van der Waals surface area contributed by atoms with Gasteiger partial charge in [0, 0.05) is 17.1 Å². The van der Waals surface area contributed by atoms with Gasteiger partial charge in [0.1, 0.15) is 6.04 Å². The zero-order valence-corrected chi connectivity index (χ0v) is 20.9. The van der Waals surface area contributed by atoms with Gasteiger partial charge < -0.3 is 16.0 Å². The summed E-state index contributed by atoms with van der Waals surface area (Å²) < 4.78 is 0. The lowest BCUT2D eigenvalue weighted by atomic mass is 9.97. The number of halogens is 1. The van der Waals surface area contributed by atoms with E-state index >= 15 is 0 Å². The van der Waals surface area contributed by atoms with E-state index in [0.717, 1.165) is 54.8 Å². The lowest BCUT2D eigenvalue weighted by molar-refractivity contribution is -0.123. The first-order chi connectivity index (χ1) is 15.9.